The fraction of sp³-hybridized carbons (Fsp3) is 0.364. The highest BCUT2D eigenvalue weighted by Gasteiger charge is 2.42. The van der Waals surface area contributed by atoms with Gasteiger partial charge < -0.3 is 14.8 Å². The van der Waals surface area contributed by atoms with Crippen molar-refractivity contribution >= 4 is 29.2 Å². The summed E-state index contributed by atoms with van der Waals surface area (Å²) in [6.45, 7) is 2.27. The minimum absolute atomic E-state index is 0.0766. The molecule has 1 amide bonds. The van der Waals surface area contributed by atoms with E-state index in [1.54, 1.807) is 18.2 Å². The summed E-state index contributed by atoms with van der Waals surface area (Å²) >= 11 is 6.02. The first kappa shape index (κ1) is 20.2. The van der Waals surface area contributed by atoms with Gasteiger partial charge in [-0.05, 0) is 55.7 Å². The van der Waals surface area contributed by atoms with Crippen LogP contribution >= 0.6 is 11.6 Å². The van der Waals surface area contributed by atoms with Gasteiger partial charge >= 0.3 is 5.97 Å². The Labute approximate surface area is 170 Å². The van der Waals surface area contributed by atoms with Gasteiger partial charge in [-0.2, -0.15) is 0 Å². The van der Waals surface area contributed by atoms with Crippen molar-refractivity contribution in [3.63, 3.8) is 0 Å². The van der Waals surface area contributed by atoms with Crippen LogP contribution in [-0.2, 0) is 14.9 Å². The number of esters is 1. The topological polar surface area (TPSA) is 64.6 Å². The van der Waals surface area contributed by atoms with Crippen molar-refractivity contribution in [3.05, 3.63) is 58.6 Å². The van der Waals surface area contributed by atoms with Crippen LogP contribution in [0.25, 0.3) is 0 Å². The zero-order valence-corrected chi connectivity index (χ0v) is 16.8. The highest BCUT2D eigenvalue weighted by molar-refractivity contribution is 6.30. The molecule has 0 aliphatic heterocycles. The van der Waals surface area contributed by atoms with Crippen molar-refractivity contribution in [1.82, 2.24) is 0 Å². The van der Waals surface area contributed by atoms with E-state index in [1.807, 2.05) is 31.2 Å². The largest absolute Gasteiger partial charge is 0.493 e. The lowest BCUT2D eigenvalue weighted by molar-refractivity contribution is -0.121. The molecule has 1 saturated carbocycles. The number of ether oxygens (including phenoxy) is 2. The van der Waals surface area contributed by atoms with E-state index < -0.39 is 11.4 Å². The number of amides is 1. The van der Waals surface area contributed by atoms with Gasteiger partial charge in [0.05, 0.1) is 19.1 Å². The molecular formula is C22H24ClNO4. The molecule has 0 heterocycles. The summed E-state index contributed by atoms with van der Waals surface area (Å²) in [6, 6.07) is 12.5. The molecule has 3 rings (SSSR count). The van der Waals surface area contributed by atoms with E-state index in [0.717, 1.165) is 31.2 Å². The number of anilines is 1. The summed E-state index contributed by atoms with van der Waals surface area (Å²) < 4.78 is 10.3. The lowest BCUT2D eigenvalue weighted by Crippen LogP contribution is -2.38. The summed E-state index contributed by atoms with van der Waals surface area (Å²) in [5.41, 5.74) is 1.20. The third kappa shape index (κ3) is 3.99. The number of hydrogen-bond donors (Lipinski definition) is 1. The maximum atomic E-state index is 13.3. The summed E-state index contributed by atoms with van der Waals surface area (Å²) in [5.74, 6) is -0.152. The molecule has 1 aliphatic rings. The van der Waals surface area contributed by atoms with Crippen LogP contribution in [0.3, 0.4) is 0 Å². The van der Waals surface area contributed by atoms with Crippen LogP contribution in [0.2, 0.25) is 5.02 Å². The Morgan fingerprint density at radius 1 is 1.11 bits per heavy atom. The van der Waals surface area contributed by atoms with Crippen LogP contribution in [0, 0.1) is 0 Å². The highest BCUT2D eigenvalue weighted by atomic mass is 35.5. The molecule has 5 nitrogen and oxygen atoms in total. The molecular weight excluding hydrogens is 378 g/mol. The number of halogens is 1. The normalized spacial score (nSPS) is 15.1. The zero-order chi connectivity index (χ0) is 20.1. The first-order chi connectivity index (χ1) is 13.5. The minimum Gasteiger partial charge on any atom is -0.493 e. The van der Waals surface area contributed by atoms with Crippen molar-refractivity contribution in [2.75, 3.05) is 19.0 Å². The zero-order valence-electron chi connectivity index (χ0n) is 16.1. The number of carbonyl (C=O) groups excluding carboxylic acids is 2. The van der Waals surface area contributed by atoms with Gasteiger partial charge in [0.2, 0.25) is 5.91 Å². The molecule has 2 aromatic carbocycles. The molecule has 0 atom stereocenters. The third-order valence-electron chi connectivity index (χ3n) is 5.23. The lowest BCUT2D eigenvalue weighted by atomic mass is 9.78. The number of hydrogen-bond acceptors (Lipinski definition) is 4. The van der Waals surface area contributed by atoms with E-state index in [9.17, 15) is 9.59 Å². The first-order valence-corrected chi connectivity index (χ1v) is 9.80. The molecule has 2 aromatic rings. The lowest BCUT2D eigenvalue weighted by Gasteiger charge is -2.28. The summed E-state index contributed by atoms with van der Waals surface area (Å²) in [7, 11) is 1.32. The Morgan fingerprint density at radius 3 is 2.39 bits per heavy atom. The van der Waals surface area contributed by atoms with E-state index in [2.05, 4.69) is 5.32 Å². The second-order valence-corrected chi connectivity index (χ2v) is 7.32. The van der Waals surface area contributed by atoms with Crippen LogP contribution < -0.4 is 10.1 Å². The number of methoxy groups -OCH3 is 1. The van der Waals surface area contributed by atoms with Crippen LogP contribution in [0.1, 0.15) is 48.5 Å². The highest BCUT2D eigenvalue weighted by Crippen LogP contribution is 2.42. The monoisotopic (exact) mass is 401 g/mol. The molecule has 0 unspecified atom stereocenters. The summed E-state index contributed by atoms with van der Waals surface area (Å²) in [5, 5.41) is 3.64. The molecule has 0 saturated heterocycles. The molecule has 1 aliphatic carbocycles. The second-order valence-electron chi connectivity index (χ2n) is 6.89. The van der Waals surface area contributed by atoms with Crippen LogP contribution in [0.5, 0.6) is 5.75 Å². The van der Waals surface area contributed by atoms with Gasteiger partial charge in [0, 0.05) is 10.7 Å². The van der Waals surface area contributed by atoms with Gasteiger partial charge in [0.15, 0.2) is 0 Å². The molecule has 1 N–H and O–H groups in total. The van der Waals surface area contributed by atoms with E-state index in [4.69, 9.17) is 21.1 Å². The quantitative estimate of drug-likeness (QED) is 0.693. The molecule has 0 bridgehead atoms. The molecule has 0 radical (unpaired) electrons. The van der Waals surface area contributed by atoms with Crippen LogP contribution in [0.4, 0.5) is 5.69 Å². The second kappa shape index (κ2) is 8.65. The molecule has 28 heavy (non-hydrogen) atoms. The Morgan fingerprint density at radius 2 is 1.79 bits per heavy atom. The van der Waals surface area contributed by atoms with Gasteiger partial charge in [0.1, 0.15) is 11.3 Å². The minimum atomic E-state index is -0.589. The first-order valence-electron chi connectivity index (χ1n) is 9.43. The van der Waals surface area contributed by atoms with Gasteiger partial charge in [-0.3, -0.25) is 4.79 Å². The maximum Gasteiger partial charge on any atom is 0.341 e. The SMILES string of the molecule is CCOc1ccc(NC(=O)C2(c3ccc(Cl)cc3)CCCC2)cc1C(=O)OC. The average Bonchev–Trinajstić information content (AvgIpc) is 3.20. The van der Waals surface area contributed by atoms with Gasteiger partial charge in [-0.15, -0.1) is 0 Å². The number of benzene rings is 2. The van der Waals surface area contributed by atoms with E-state index in [-0.39, 0.29) is 11.5 Å². The van der Waals surface area contributed by atoms with E-state index in [0.29, 0.717) is 23.1 Å². The standard InChI is InChI=1S/C22H24ClNO4/c1-3-28-19-11-10-17(14-18(19)20(25)27-2)24-21(26)22(12-4-5-13-22)15-6-8-16(23)9-7-15/h6-11,14H,3-5,12-13H2,1-2H3,(H,24,26). The maximum absolute atomic E-state index is 13.3. The predicted octanol–water partition coefficient (Wildman–Crippen LogP) is 4.98. The fourth-order valence-corrected chi connectivity index (χ4v) is 3.93. The molecule has 6 heteroatoms. The summed E-state index contributed by atoms with van der Waals surface area (Å²) in [6.07, 6.45) is 3.54. The number of nitrogens with one attached hydrogen (secondary N) is 1. The molecule has 0 aromatic heterocycles. The van der Waals surface area contributed by atoms with Crippen molar-refractivity contribution in [3.8, 4) is 5.75 Å². The average molecular weight is 402 g/mol. The number of carbonyl (C=O) groups is 2. The Hall–Kier alpha value is -2.53. The smallest absolute Gasteiger partial charge is 0.341 e. The van der Waals surface area contributed by atoms with E-state index in [1.165, 1.54) is 7.11 Å². The predicted molar refractivity (Wildman–Crippen MR) is 109 cm³/mol. The molecule has 0 spiro atoms. The summed E-state index contributed by atoms with van der Waals surface area (Å²) in [4.78, 5) is 25.4. The van der Waals surface area contributed by atoms with Crippen molar-refractivity contribution in [2.45, 2.75) is 38.0 Å². The van der Waals surface area contributed by atoms with Gasteiger partial charge in [0.25, 0.3) is 0 Å². The molecule has 1 fully saturated rings. The number of rotatable bonds is 6. The van der Waals surface area contributed by atoms with E-state index >= 15 is 0 Å². The van der Waals surface area contributed by atoms with Crippen molar-refractivity contribution < 1.29 is 19.1 Å². The van der Waals surface area contributed by atoms with Crippen LogP contribution in [0.15, 0.2) is 42.5 Å². The third-order valence-corrected chi connectivity index (χ3v) is 5.48. The van der Waals surface area contributed by atoms with Crippen molar-refractivity contribution in [1.29, 1.82) is 0 Å². The van der Waals surface area contributed by atoms with Crippen molar-refractivity contribution in [2.24, 2.45) is 0 Å². The molecule has 148 valence electrons. The Balaban J connectivity index is 1.90. The Kier molecular flexibility index (Phi) is 6.25. The van der Waals surface area contributed by atoms with Crippen LogP contribution in [-0.4, -0.2) is 25.6 Å². The fourth-order valence-electron chi connectivity index (χ4n) is 3.80. The Bertz CT molecular complexity index is 857. The van der Waals surface area contributed by atoms with Gasteiger partial charge in [-0.1, -0.05) is 36.6 Å². The van der Waals surface area contributed by atoms with Gasteiger partial charge in [-0.25, -0.2) is 4.79 Å².